The maximum Gasteiger partial charge on any atom is 0.306 e. The number of carboxylic acid groups (broad SMARTS) is 1. The van der Waals surface area contributed by atoms with Crippen molar-refractivity contribution < 1.29 is 14.3 Å². The fourth-order valence-corrected chi connectivity index (χ4v) is 3.30. The number of carboxylic acids is 1. The van der Waals surface area contributed by atoms with Gasteiger partial charge in [-0.05, 0) is 52.1 Å². The topological polar surface area (TPSA) is 62.5 Å². The smallest absolute Gasteiger partial charge is 0.306 e. The van der Waals surface area contributed by atoms with Crippen molar-refractivity contribution in [2.45, 2.75) is 52.5 Å². The van der Waals surface area contributed by atoms with Crippen LogP contribution in [0.4, 0.5) is 0 Å². The van der Waals surface area contributed by atoms with E-state index in [0.29, 0.717) is 0 Å². The van der Waals surface area contributed by atoms with Crippen LogP contribution in [0.5, 0.6) is 0 Å². The van der Waals surface area contributed by atoms with Crippen LogP contribution in [0.2, 0.25) is 0 Å². The number of hydrogen-bond donors (Lipinski definition) is 2. The summed E-state index contributed by atoms with van der Waals surface area (Å²) < 4.78 is 5.55. The predicted molar refractivity (Wildman–Crippen MR) is 77.7 cm³/mol. The number of furan rings is 1. The highest BCUT2D eigenvalue weighted by Crippen LogP contribution is 2.30. The molecule has 4 nitrogen and oxygen atoms in total. The van der Waals surface area contributed by atoms with Gasteiger partial charge < -0.3 is 14.8 Å². The van der Waals surface area contributed by atoms with E-state index in [1.807, 2.05) is 13.8 Å². The Hall–Kier alpha value is -1.29. The van der Waals surface area contributed by atoms with Crippen LogP contribution in [0.15, 0.2) is 10.5 Å². The van der Waals surface area contributed by atoms with Gasteiger partial charge in [-0.1, -0.05) is 12.8 Å². The van der Waals surface area contributed by atoms with Crippen LogP contribution in [0.3, 0.4) is 0 Å². The summed E-state index contributed by atoms with van der Waals surface area (Å²) >= 11 is 0. The lowest BCUT2D eigenvalue weighted by molar-refractivity contribution is -0.144. The molecule has 1 aliphatic rings. The molecule has 0 bridgehead atoms. The van der Waals surface area contributed by atoms with Crippen LogP contribution in [0, 0.1) is 25.7 Å². The Balaban J connectivity index is 1.93. The van der Waals surface area contributed by atoms with Crippen molar-refractivity contribution in [3.63, 3.8) is 0 Å². The molecule has 4 heteroatoms. The molecule has 0 spiro atoms. The number of rotatable bonds is 5. The lowest BCUT2D eigenvalue weighted by Gasteiger charge is -2.29. The molecule has 3 unspecified atom stereocenters. The van der Waals surface area contributed by atoms with Gasteiger partial charge in [-0.15, -0.1) is 0 Å². The third kappa shape index (κ3) is 3.42. The van der Waals surface area contributed by atoms with Gasteiger partial charge in [0.05, 0.1) is 5.92 Å². The molecule has 3 atom stereocenters. The Morgan fingerprint density at radius 2 is 2.15 bits per heavy atom. The first-order chi connectivity index (χ1) is 9.49. The Bertz CT molecular complexity index is 466. The van der Waals surface area contributed by atoms with E-state index in [2.05, 4.69) is 18.3 Å². The Morgan fingerprint density at radius 1 is 1.45 bits per heavy atom. The summed E-state index contributed by atoms with van der Waals surface area (Å²) in [6.07, 6.45) is 4.03. The van der Waals surface area contributed by atoms with Gasteiger partial charge in [0.25, 0.3) is 0 Å². The van der Waals surface area contributed by atoms with Crippen molar-refractivity contribution in [1.29, 1.82) is 0 Å². The zero-order valence-electron chi connectivity index (χ0n) is 12.6. The second-order valence-corrected chi connectivity index (χ2v) is 5.99. The van der Waals surface area contributed by atoms with Crippen molar-refractivity contribution in [3.8, 4) is 0 Å². The highest BCUT2D eigenvalue weighted by atomic mass is 16.4. The number of aryl methyl sites for hydroxylation is 2. The largest absolute Gasteiger partial charge is 0.481 e. The van der Waals surface area contributed by atoms with Crippen LogP contribution in [0.25, 0.3) is 0 Å². The number of nitrogens with one attached hydrogen (secondary N) is 1. The average molecular weight is 279 g/mol. The summed E-state index contributed by atoms with van der Waals surface area (Å²) in [4.78, 5) is 11.3. The van der Waals surface area contributed by atoms with E-state index < -0.39 is 5.97 Å². The maximum atomic E-state index is 11.3. The Kier molecular flexibility index (Phi) is 4.86. The third-order valence-corrected chi connectivity index (χ3v) is 4.46. The van der Waals surface area contributed by atoms with E-state index in [9.17, 15) is 9.90 Å². The zero-order valence-corrected chi connectivity index (χ0v) is 12.6. The lowest BCUT2D eigenvalue weighted by Crippen LogP contribution is -2.35. The number of aliphatic carboxylic acids is 1. The molecule has 1 aliphatic carbocycles. The summed E-state index contributed by atoms with van der Waals surface area (Å²) in [5.41, 5.74) is 1.17. The highest BCUT2D eigenvalue weighted by molar-refractivity contribution is 5.70. The molecule has 0 amide bonds. The zero-order chi connectivity index (χ0) is 14.7. The van der Waals surface area contributed by atoms with Crippen LogP contribution >= 0.6 is 0 Å². The predicted octanol–water partition coefficient (Wildman–Crippen LogP) is 3.44. The minimum absolute atomic E-state index is 0.185. The van der Waals surface area contributed by atoms with E-state index in [4.69, 9.17) is 4.42 Å². The molecule has 1 fully saturated rings. The van der Waals surface area contributed by atoms with E-state index in [-0.39, 0.29) is 17.9 Å². The van der Waals surface area contributed by atoms with Crippen LogP contribution in [0.1, 0.15) is 55.7 Å². The molecule has 112 valence electrons. The van der Waals surface area contributed by atoms with E-state index in [1.54, 1.807) is 0 Å². The lowest BCUT2D eigenvalue weighted by atomic mass is 9.79. The Labute approximate surface area is 120 Å². The summed E-state index contributed by atoms with van der Waals surface area (Å²) in [5.74, 6) is 1.29. The minimum atomic E-state index is -0.639. The molecule has 1 saturated carbocycles. The second-order valence-electron chi connectivity index (χ2n) is 5.99. The van der Waals surface area contributed by atoms with Crippen molar-refractivity contribution >= 4 is 5.97 Å². The highest BCUT2D eigenvalue weighted by Gasteiger charge is 2.30. The molecular weight excluding hydrogens is 254 g/mol. The fourth-order valence-electron chi connectivity index (χ4n) is 3.30. The molecule has 0 aromatic carbocycles. The van der Waals surface area contributed by atoms with Gasteiger partial charge in [-0.25, -0.2) is 0 Å². The molecule has 1 aromatic rings. The standard InChI is InChI=1S/C16H25NO3/c1-10-8-15(12(3)20-10)11(2)17-9-13-6-4-5-7-14(13)16(18)19/h8,11,13-14,17H,4-7,9H2,1-3H3,(H,18,19). The van der Waals surface area contributed by atoms with Crippen molar-refractivity contribution in [2.24, 2.45) is 11.8 Å². The summed E-state index contributed by atoms with van der Waals surface area (Å²) in [7, 11) is 0. The first-order valence-corrected chi connectivity index (χ1v) is 7.52. The van der Waals surface area contributed by atoms with Gasteiger partial charge in [0.2, 0.25) is 0 Å². The molecule has 1 heterocycles. The van der Waals surface area contributed by atoms with Gasteiger partial charge in [-0.3, -0.25) is 4.79 Å². The summed E-state index contributed by atoms with van der Waals surface area (Å²) in [6.45, 7) is 6.80. The number of carbonyl (C=O) groups is 1. The second kappa shape index (κ2) is 6.44. The van der Waals surface area contributed by atoms with E-state index in [0.717, 1.165) is 43.7 Å². The molecule has 0 radical (unpaired) electrons. The first kappa shape index (κ1) is 15.1. The van der Waals surface area contributed by atoms with Gasteiger partial charge in [0.15, 0.2) is 0 Å². The van der Waals surface area contributed by atoms with Crippen LogP contribution in [-0.2, 0) is 4.79 Å². The fraction of sp³-hybridized carbons (Fsp3) is 0.688. The number of hydrogen-bond acceptors (Lipinski definition) is 3. The summed E-state index contributed by atoms with van der Waals surface area (Å²) in [5, 5.41) is 12.8. The molecule has 20 heavy (non-hydrogen) atoms. The third-order valence-electron chi connectivity index (χ3n) is 4.46. The van der Waals surface area contributed by atoms with Crippen LogP contribution in [-0.4, -0.2) is 17.6 Å². The monoisotopic (exact) mass is 279 g/mol. The van der Waals surface area contributed by atoms with Crippen molar-refractivity contribution in [3.05, 3.63) is 23.2 Å². The molecule has 2 N–H and O–H groups in total. The molecule has 0 saturated heterocycles. The van der Waals surface area contributed by atoms with Crippen molar-refractivity contribution in [1.82, 2.24) is 5.32 Å². The van der Waals surface area contributed by atoms with Gasteiger partial charge in [-0.2, -0.15) is 0 Å². The molecule has 2 rings (SSSR count). The van der Waals surface area contributed by atoms with E-state index in [1.165, 1.54) is 5.56 Å². The molecule has 1 aromatic heterocycles. The van der Waals surface area contributed by atoms with Crippen LogP contribution < -0.4 is 5.32 Å². The van der Waals surface area contributed by atoms with Gasteiger partial charge in [0, 0.05) is 11.6 Å². The first-order valence-electron chi connectivity index (χ1n) is 7.52. The van der Waals surface area contributed by atoms with Gasteiger partial charge in [0.1, 0.15) is 11.5 Å². The van der Waals surface area contributed by atoms with E-state index >= 15 is 0 Å². The average Bonchev–Trinajstić information content (AvgIpc) is 2.75. The van der Waals surface area contributed by atoms with Crippen molar-refractivity contribution in [2.75, 3.05) is 6.54 Å². The Morgan fingerprint density at radius 3 is 2.75 bits per heavy atom. The SMILES string of the molecule is Cc1cc(C(C)NCC2CCCCC2C(=O)O)c(C)o1. The maximum absolute atomic E-state index is 11.3. The minimum Gasteiger partial charge on any atom is -0.481 e. The van der Waals surface area contributed by atoms with Gasteiger partial charge >= 0.3 is 5.97 Å². The molecular formula is C16H25NO3. The normalized spacial score (nSPS) is 24.6. The summed E-state index contributed by atoms with van der Waals surface area (Å²) in [6, 6.07) is 2.26. The molecule has 0 aliphatic heterocycles. The quantitative estimate of drug-likeness (QED) is 0.866.